The Morgan fingerprint density at radius 3 is 2.85 bits per heavy atom. The summed E-state index contributed by atoms with van der Waals surface area (Å²) in [5.74, 6) is 0.181. The molecule has 1 N–H and O–H groups in total. The molecule has 5 nitrogen and oxygen atoms in total. The van der Waals surface area contributed by atoms with Crippen LogP contribution in [0, 0.1) is 0 Å². The van der Waals surface area contributed by atoms with E-state index in [1.807, 2.05) is 47.8 Å². The summed E-state index contributed by atoms with van der Waals surface area (Å²) < 4.78 is 9.24. The number of fused-ring (bicyclic) bond motifs is 1. The molecular weight excluding hydrogens is 408 g/mol. The predicted molar refractivity (Wildman–Crippen MR) is 109 cm³/mol. The maximum Gasteiger partial charge on any atom is 0.234 e. The minimum absolute atomic E-state index is 0.0984. The highest BCUT2D eigenvalue weighted by Crippen LogP contribution is 2.29. The molecule has 0 aliphatic heterocycles. The van der Waals surface area contributed by atoms with Gasteiger partial charge in [-0.2, -0.15) is 8.75 Å². The van der Waals surface area contributed by atoms with Crippen molar-refractivity contribution >= 4 is 69.1 Å². The molecular formula is C17H11ClN4OS3. The van der Waals surface area contributed by atoms with Crippen molar-refractivity contribution in [1.82, 2.24) is 13.7 Å². The number of rotatable bonds is 5. The second kappa shape index (κ2) is 7.71. The Kier molecular flexibility index (Phi) is 5.16. The summed E-state index contributed by atoms with van der Waals surface area (Å²) >= 11 is 9.97. The lowest BCUT2D eigenvalue weighted by Gasteiger charge is -2.04. The number of halogens is 1. The zero-order valence-electron chi connectivity index (χ0n) is 13.2. The number of amides is 1. The van der Waals surface area contributed by atoms with Gasteiger partial charge < -0.3 is 5.32 Å². The molecule has 9 heteroatoms. The fourth-order valence-electron chi connectivity index (χ4n) is 2.30. The van der Waals surface area contributed by atoms with Crippen molar-refractivity contribution in [2.45, 2.75) is 4.34 Å². The van der Waals surface area contributed by atoms with E-state index in [0.29, 0.717) is 10.7 Å². The number of anilines is 1. The molecule has 0 radical (unpaired) electrons. The summed E-state index contributed by atoms with van der Waals surface area (Å²) in [4.78, 5) is 16.8. The van der Waals surface area contributed by atoms with Crippen LogP contribution in [0.4, 0.5) is 5.69 Å². The predicted octanol–water partition coefficient (Wildman–Crippen LogP) is 5.20. The van der Waals surface area contributed by atoms with Gasteiger partial charge in [-0.05, 0) is 24.3 Å². The van der Waals surface area contributed by atoms with Crippen LogP contribution in [0.15, 0.2) is 52.2 Å². The minimum Gasteiger partial charge on any atom is -0.323 e. The van der Waals surface area contributed by atoms with Gasteiger partial charge in [0.25, 0.3) is 0 Å². The molecule has 0 aliphatic rings. The standard InChI is InChI=1S/C17H11ClN4OS3/c18-11-6-4-10(5-7-11)14-8-24-17(20-14)25-9-15(23)19-12-2-1-3-13-16(12)22-26-21-13/h1-8H,9H2,(H,19,23). The third kappa shape index (κ3) is 3.88. The van der Waals surface area contributed by atoms with Gasteiger partial charge in [-0.3, -0.25) is 4.79 Å². The van der Waals surface area contributed by atoms with Crippen molar-refractivity contribution < 1.29 is 4.79 Å². The second-order valence-electron chi connectivity index (χ2n) is 5.28. The number of nitrogens with one attached hydrogen (secondary N) is 1. The van der Waals surface area contributed by atoms with E-state index in [2.05, 4.69) is 19.0 Å². The van der Waals surface area contributed by atoms with E-state index in [0.717, 1.165) is 38.4 Å². The van der Waals surface area contributed by atoms with Crippen molar-refractivity contribution in [3.63, 3.8) is 0 Å². The third-order valence-electron chi connectivity index (χ3n) is 3.51. The second-order valence-corrected chi connectivity index (χ2v) is 8.33. The van der Waals surface area contributed by atoms with Gasteiger partial charge in [-0.15, -0.1) is 11.3 Å². The summed E-state index contributed by atoms with van der Waals surface area (Å²) in [5, 5.41) is 5.56. The maximum absolute atomic E-state index is 12.3. The Morgan fingerprint density at radius 2 is 2.00 bits per heavy atom. The average molecular weight is 419 g/mol. The van der Waals surface area contributed by atoms with Gasteiger partial charge in [-0.1, -0.05) is 41.6 Å². The third-order valence-corrected chi connectivity index (χ3v) is 6.33. The fourth-order valence-corrected chi connectivity index (χ4v) is 4.61. The fraction of sp³-hybridized carbons (Fsp3) is 0.0588. The summed E-state index contributed by atoms with van der Waals surface area (Å²) in [6.07, 6.45) is 0. The molecule has 4 rings (SSSR count). The van der Waals surface area contributed by atoms with E-state index >= 15 is 0 Å². The number of hydrogen-bond donors (Lipinski definition) is 1. The molecule has 4 aromatic rings. The van der Waals surface area contributed by atoms with Gasteiger partial charge in [0.1, 0.15) is 11.0 Å². The summed E-state index contributed by atoms with van der Waals surface area (Å²) in [6, 6.07) is 13.1. The first kappa shape index (κ1) is 17.4. The van der Waals surface area contributed by atoms with Crippen LogP contribution in [0.1, 0.15) is 0 Å². The first-order valence-electron chi connectivity index (χ1n) is 7.54. The van der Waals surface area contributed by atoms with Crippen LogP contribution in [0.25, 0.3) is 22.3 Å². The highest BCUT2D eigenvalue weighted by molar-refractivity contribution is 8.01. The van der Waals surface area contributed by atoms with Crippen molar-refractivity contribution in [1.29, 1.82) is 0 Å². The van der Waals surface area contributed by atoms with Crippen LogP contribution in [0.5, 0.6) is 0 Å². The molecule has 130 valence electrons. The van der Waals surface area contributed by atoms with Crippen LogP contribution < -0.4 is 5.32 Å². The summed E-state index contributed by atoms with van der Waals surface area (Å²) in [5.41, 5.74) is 4.07. The van der Waals surface area contributed by atoms with E-state index in [4.69, 9.17) is 11.6 Å². The first-order chi connectivity index (χ1) is 12.7. The van der Waals surface area contributed by atoms with Crippen molar-refractivity contribution in [2.75, 3.05) is 11.1 Å². The maximum atomic E-state index is 12.3. The molecule has 2 heterocycles. The lowest BCUT2D eigenvalue weighted by molar-refractivity contribution is -0.113. The Labute approximate surface area is 166 Å². The summed E-state index contributed by atoms with van der Waals surface area (Å²) in [7, 11) is 0. The zero-order valence-corrected chi connectivity index (χ0v) is 16.4. The normalized spacial score (nSPS) is 11.0. The number of benzene rings is 2. The highest BCUT2D eigenvalue weighted by atomic mass is 35.5. The first-order valence-corrected chi connectivity index (χ1v) is 10.5. The molecule has 1 amide bonds. The summed E-state index contributed by atoms with van der Waals surface area (Å²) in [6.45, 7) is 0. The van der Waals surface area contributed by atoms with E-state index in [-0.39, 0.29) is 11.7 Å². The van der Waals surface area contributed by atoms with Crippen molar-refractivity contribution in [3.05, 3.63) is 52.9 Å². The molecule has 26 heavy (non-hydrogen) atoms. The molecule has 0 bridgehead atoms. The van der Waals surface area contributed by atoms with Gasteiger partial charge in [0.05, 0.1) is 28.9 Å². The van der Waals surface area contributed by atoms with Gasteiger partial charge >= 0.3 is 0 Å². The SMILES string of the molecule is O=C(CSc1nc(-c2ccc(Cl)cc2)cs1)Nc1cccc2nsnc12. The largest absolute Gasteiger partial charge is 0.323 e. The Hall–Kier alpha value is -2.00. The number of nitrogens with zero attached hydrogens (tertiary/aromatic N) is 3. The Balaban J connectivity index is 1.39. The molecule has 0 atom stereocenters. The number of thioether (sulfide) groups is 1. The number of carbonyl (C=O) groups excluding carboxylic acids is 1. The number of thiazole rings is 1. The smallest absolute Gasteiger partial charge is 0.234 e. The van der Waals surface area contributed by atoms with Gasteiger partial charge in [0.15, 0.2) is 4.34 Å². The monoisotopic (exact) mass is 418 g/mol. The molecule has 0 saturated carbocycles. The quantitative estimate of drug-likeness (QED) is 0.451. The zero-order chi connectivity index (χ0) is 17.9. The van der Waals surface area contributed by atoms with E-state index in [9.17, 15) is 4.79 Å². The van der Waals surface area contributed by atoms with Crippen molar-refractivity contribution in [2.24, 2.45) is 0 Å². The van der Waals surface area contributed by atoms with E-state index in [1.165, 1.54) is 23.1 Å². The van der Waals surface area contributed by atoms with Crippen LogP contribution in [0.2, 0.25) is 5.02 Å². The van der Waals surface area contributed by atoms with Gasteiger partial charge in [-0.25, -0.2) is 4.98 Å². The molecule has 0 spiro atoms. The van der Waals surface area contributed by atoms with Crippen molar-refractivity contribution in [3.8, 4) is 11.3 Å². The molecule has 0 saturated heterocycles. The van der Waals surface area contributed by atoms with E-state index in [1.54, 1.807) is 0 Å². The minimum atomic E-state index is -0.0984. The average Bonchev–Trinajstić information content (AvgIpc) is 3.30. The molecule has 2 aromatic heterocycles. The van der Waals surface area contributed by atoms with Crippen LogP contribution in [0.3, 0.4) is 0 Å². The van der Waals surface area contributed by atoms with Crippen LogP contribution in [-0.2, 0) is 4.79 Å². The number of hydrogen-bond acceptors (Lipinski definition) is 7. The Bertz CT molecular complexity index is 1060. The Morgan fingerprint density at radius 1 is 1.15 bits per heavy atom. The van der Waals surface area contributed by atoms with Gasteiger partial charge in [0, 0.05) is 16.0 Å². The molecule has 0 unspecified atom stereocenters. The molecule has 2 aromatic carbocycles. The molecule has 0 aliphatic carbocycles. The van der Waals surface area contributed by atoms with Crippen LogP contribution >= 0.6 is 46.4 Å². The lowest BCUT2D eigenvalue weighted by Crippen LogP contribution is -2.14. The number of aromatic nitrogens is 3. The molecule has 0 fully saturated rings. The van der Waals surface area contributed by atoms with Gasteiger partial charge in [0.2, 0.25) is 5.91 Å². The highest BCUT2D eigenvalue weighted by Gasteiger charge is 2.11. The van der Waals surface area contributed by atoms with E-state index < -0.39 is 0 Å². The topological polar surface area (TPSA) is 67.8 Å². The van der Waals surface area contributed by atoms with Crippen LogP contribution in [-0.4, -0.2) is 25.4 Å². The lowest BCUT2D eigenvalue weighted by atomic mass is 10.2. The number of carbonyl (C=O) groups is 1.